The molecule has 0 bridgehead atoms. The highest BCUT2D eigenvalue weighted by atomic mass is 16.5. The first-order chi connectivity index (χ1) is 8.65. The third-order valence-electron chi connectivity index (χ3n) is 2.85. The maximum Gasteiger partial charge on any atom is 0.234 e. The highest BCUT2D eigenvalue weighted by Crippen LogP contribution is 2.15. The third kappa shape index (κ3) is 4.85. The highest BCUT2D eigenvalue weighted by Gasteiger charge is 2.08. The van der Waals surface area contributed by atoms with Crippen LogP contribution >= 0.6 is 0 Å². The zero-order valence-corrected chi connectivity index (χ0v) is 11.3. The normalized spacial score (nSPS) is 12.2. The Labute approximate surface area is 109 Å². The van der Waals surface area contributed by atoms with Crippen LogP contribution in [0.15, 0.2) is 24.3 Å². The van der Waals surface area contributed by atoms with Crippen molar-refractivity contribution in [1.29, 1.82) is 0 Å². The van der Waals surface area contributed by atoms with Crippen molar-refractivity contribution >= 4 is 5.91 Å². The predicted molar refractivity (Wildman–Crippen MR) is 72.5 cm³/mol. The molecule has 0 aliphatic heterocycles. The SMILES string of the molecule is COCCNC(=O)CN[C@H](C)c1ccccc1C. The number of methoxy groups -OCH3 is 1. The number of aryl methyl sites for hydroxylation is 1. The van der Waals surface area contributed by atoms with Crippen molar-refractivity contribution in [2.45, 2.75) is 19.9 Å². The van der Waals surface area contributed by atoms with E-state index in [1.165, 1.54) is 11.1 Å². The van der Waals surface area contributed by atoms with Gasteiger partial charge in [-0.2, -0.15) is 0 Å². The van der Waals surface area contributed by atoms with Gasteiger partial charge >= 0.3 is 0 Å². The molecule has 1 amide bonds. The molecular formula is C14H22N2O2. The van der Waals surface area contributed by atoms with Gasteiger partial charge < -0.3 is 15.4 Å². The van der Waals surface area contributed by atoms with E-state index in [9.17, 15) is 4.79 Å². The average molecular weight is 250 g/mol. The van der Waals surface area contributed by atoms with Gasteiger partial charge in [0.25, 0.3) is 0 Å². The van der Waals surface area contributed by atoms with Crippen molar-refractivity contribution < 1.29 is 9.53 Å². The van der Waals surface area contributed by atoms with Gasteiger partial charge in [-0.1, -0.05) is 24.3 Å². The molecule has 0 aliphatic carbocycles. The van der Waals surface area contributed by atoms with Gasteiger partial charge in [0.05, 0.1) is 13.2 Å². The van der Waals surface area contributed by atoms with Crippen molar-refractivity contribution in [2.75, 3.05) is 26.8 Å². The predicted octanol–water partition coefficient (Wildman–Crippen LogP) is 1.41. The fraction of sp³-hybridized carbons (Fsp3) is 0.500. The molecule has 18 heavy (non-hydrogen) atoms. The van der Waals surface area contributed by atoms with Gasteiger partial charge in [-0.25, -0.2) is 0 Å². The second-order valence-corrected chi connectivity index (χ2v) is 4.30. The summed E-state index contributed by atoms with van der Waals surface area (Å²) in [6, 6.07) is 8.35. The van der Waals surface area contributed by atoms with Crippen LogP contribution in [0.3, 0.4) is 0 Å². The molecule has 1 rings (SSSR count). The van der Waals surface area contributed by atoms with Gasteiger partial charge in [-0.05, 0) is 25.0 Å². The van der Waals surface area contributed by atoms with E-state index in [1.807, 2.05) is 12.1 Å². The maximum atomic E-state index is 11.5. The Morgan fingerprint density at radius 2 is 2.11 bits per heavy atom. The standard InChI is InChI=1S/C14H22N2O2/c1-11-6-4-5-7-13(11)12(2)16-10-14(17)15-8-9-18-3/h4-7,12,16H,8-10H2,1-3H3,(H,15,17)/t12-/m1/s1. The van der Waals surface area contributed by atoms with Crippen LogP contribution in [0.5, 0.6) is 0 Å². The molecule has 2 N–H and O–H groups in total. The molecule has 1 aromatic carbocycles. The molecule has 0 radical (unpaired) electrons. The van der Waals surface area contributed by atoms with Crippen molar-refractivity contribution in [2.24, 2.45) is 0 Å². The van der Waals surface area contributed by atoms with Crippen LogP contribution < -0.4 is 10.6 Å². The van der Waals surface area contributed by atoms with Crippen LogP contribution in [0.25, 0.3) is 0 Å². The number of amides is 1. The molecule has 0 aliphatic rings. The average Bonchev–Trinajstić information content (AvgIpc) is 2.37. The Bertz CT molecular complexity index is 380. The van der Waals surface area contributed by atoms with Gasteiger partial charge in [0.15, 0.2) is 0 Å². The smallest absolute Gasteiger partial charge is 0.234 e. The van der Waals surface area contributed by atoms with E-state index < -0.39 is 0 Å². The largest absolute Gasteiger partial charge is 0.383 e. The Hall–Kier alpha value is -1.39. The van der Waals surface area contributed by atoms with E-state index in [4.69, 9.17) is 4.74 Å². The van der Waals surface area contributed by atoms with Crippen LogP contribution in [0.1, 0.15) is 24.1 Å². The van der Waals surface area contributed by atoms with Crippen molar-refractivity contribution in [3.63, 3.8) is 0 Å². The topological polar surface area (TPSA) is 50.4 Å². The second kappa shape index (κ2) is 7.84. The molecule has 0 fully saturated rings. The summed E-state index contributed by atoms with van der Waals surface area (Å²) in [4.78, 5) is 11.5. The molecule has 0 aromatic heterocycles. The highest BCUT2D eigenvalue weighted by molar-refractivity contribution is 5.78. The first-order valence-electron chi connectivity index (χ1n) is 6.19. The fourth-order valence-electron chi connectivity index (χ4n) is 1.78. The second-order valence-electron chi connectivity index (χ2n) is 4.30. The van der Waals surface area contributed by atoms with E-state index in [1.54, 1.807) is 7.11 Å². The molecule has 1 atom stereocenters. The van der Waals surface area contributed by atoms with Gasteiger partial charge in [-0.3, -0.25) is 4.79 Å². The minimum Gasteiger partial charge on any atom is -0.383 e. The summed E-state index contributed by atoms with van der Waals surface area (Å²) in [5, 5.41) is 5.99. The number of benzene rings is 1. The van der Waals surface area contributed by atoms with E-state index >= 15 is 0 Å². The molecule has 0 saturated heterocycles. The van der Waals surface area contributed by atoms with Crippen LogP contribution in [-0.4, -0.2) is 32.7 Å². The number of carbonyl (C=O) groups is 1. The summed E-state index contributed by atoms with van der Waals surface area (Å²) in [5.41, 5.74) is 2.46. The number of hydrogen-bond donors (Lipinski definition) is 2. The summed E-state index contributed by atoms with van der Waals surface area (Å²) >= 11 is 0. The van der Waals surface area contributed by atoms with Crippen LogP contribution in [-0.2, 0) is 9.53 Å². The lowest BCUT2D eigenvalue weighted by atomic mass is 10.0. The van der Waals surface area contributed by atoms with Crippen molar-refractivity contribution in [1.82, 2.24) is 10.6 Å². The molecule has 1 aromatic rings. The lowest BCUT2D eigenvalue weighted by Crippen LogP contribution is -2.36. The minimum atomic E-state index is -0.00696. The molecule has 0 spiro atoms. The summed E-state index contributed by atoms with van der Waals surface area (Å²) < 4.78 is 4.87. The fourth-order valence-corrected chi connectivity index (χ4v) is 1.78. The Morgan fingerprint density at radius 1 is 1.39 bits per heavy atom. The van der Waals surface area contributed by atoms with E-state index in [0.29, 0.717) is 19.7 Å². The lowest BCUT2D eigenvalue weighted by molar-refractivity contribution is -0.120. The molecule has 0 saturated carbocycles. The van der Waals surface area contributed by atoms with E-state index in [2.05, 4.69) is 36.6 Å². The summed E-state index contributed by atoms with van der Waals surface area (Å²) in [7, 11) is 1.62. The Kier molecular flexibility index (Phi) is 6.39. The molecular weight excluding hydrogens is 228 g/mol. The lowest BCUT2D eigenvalue weighted by Gasteiger charge is -2.16. The van der Waals surface area contributed by atoms with Crippen LogP contribution in [0.4, 0.5) is 0 Å². The molecule has 0 unspecified atom stereocenters. The van der Waals surface area contributed by atoms with Crippen molar-refractivity contribution in [3.8, 4) is 0 Å². The number of nitrogens with one attached hydrogen (secondary N) is 2. The monoisotopic (exact) mass is 250 g/mol. The van der Waals surface area contributed by atoms with Crippen molar-refractivity contribution in [3.05, 3.63) is 35.4 Å². The quantitative estimate of drug-likeness (QED) is 0.719. The van der Waals surface area contributed by atoms with Crippen LogP contribution in [0.2, 0.25) is 0 Å². The first-order valence-corrected chi connectivity index (χ1v) is 6.19. The number of rotatable bonds is 7. The first kappa shape index (κ1) is 14.7. The molecule has 0 heterocycles. The summed E-state index contributed by atoms with van der Waals surface area (Å²) in [6.07, 6.45) is 0. The number of ether oxygens (including phenoxy) is 1. The minimum absolute atomic E-state index is 0.00696. The van der Waals surface area contributed by atoms with Gasteiger partial charge in [0, 0.05) is 19.7 Å². The number of carbonyl (C=O) groups excluding carboxylic acids is 1. The zero-order valence-electron chi connectivity index (χ0n) is 11.3. The Balaban J connectivity index is 2.35. The van der Waals surface area contributed by atoms with E-state index in [0.717, 1.165) is 0 Å². The maximum absolute atomic E-state index is 11.5. The zero-order chi connectivity index (χ0) is 13.4. The molecule has 4 heteroatoms. The van der Waals surface area contributed by atoms with E-state index in [-0.39, 0.29) is 11.9 Å². The van der Waals surface area contributed by atoms with Crippen LogP contribution in [0, 0.1) is 6.92 Å². The van der Waals surface area contributed by atoms with Gasteiger partial charge in [0.2, 0.25) is 5.91 Å². The molecule has 4 nitrogen and oxygen atoms in total. The third-order valence-corrected chi connectivity index (χ3v) is 2.85. The van der Waals surface area contributed by atoms with Gasteiger partial charge in [-0.15, -0.1) is 0 Å². The summed E-state index contributed by atoms with van der Waals surface area (Å²) in [6.45, 7) is 5.55. The molecule has 100 valence electrons. The Morgan fingerprint density at radius 3 is 2.78 bits per heavy atom. The van der Waals surface area contributed by atoms with Gasteiger partial charge in [0.1, 0.15) is 0 Å². The summed E-state index contributed by atoms with van der Waals surface area (Å²) in [5.74, 6) is -0.00696. The number of hydrogen-bond acceptors (Lipinski definition) is 3.